The Bertz CT molecular complexity index is 2280. The molecule has 0 aliphatic rings. The van der Waals surface area contributed by atoms with Gasteiger partial charge in [0.2, 0.25) is 0 Å². The fraction of sp³-hybridized carbons (Fsp3) is 0.0667. The summed E-state index contributed by atoms with van der Waals surface area (Å²) >= 11 is 1.86. The van der Waals surface area contributed by atoms with E-state index < -0.39 is 0 Å². The zero-order chi connectivity index (χ0) is 32.2. The largest absolute Gasteiger partial charge is 0.327 e. The highest BCUT2D eigenvalue weighted by molar-refractivity contribution is 7.25. The molecule has 0 fully saturated rings. The van der Waals surface area contributed by atoms with Crippen LogP contribution in [0.25, 0.3) is 59.6 Å². The fourth-order valence-electron chi connectivity index (χ4n) is 6.46. The number of allylic oxidation sites excluding steroid dienone is 3. The molecule has 0 atom stereocenters. The smallest absolute Gasteiger partial charge is 0.0361 e. The Balaban J connectivity index is 1.21. The normalized spacial score (nSPS) is 12.4. The standard InChI is InChI=1S/C45H37NS/c1-3-39(38-24-26-43-42-15-9-10-16-44(42)47-45(43)30-38)35-20-17-33(18-21-35)34(27-28-46)19-22-37-29-36(32-12-5-4-6-13-32)23-25-41(37)40-14-8-7-11-31(40)2/h3-27,29-30H,28,46H2,1-2H3/b22-19-,34-27+,39-3+. The Kier molecular flexibility index (Phi) is 8.79. The zero-order valence-corrected chi connectivity index (χ0v) is 27.6. The summed E-state index contributed by atoms with van der Waals surface area (Å²) in [6, 6.07) is 50.3. The highest BCUT2D eigenvalue weighted by Crippen LogP contribution is 2.37. The lowest BCUT2D eigenvalue weighted by Crippen LogP contribution is -1.95. The number of hydrogen-bond acceptors (Lipinski definition) is 2. The van der Waals surface area contributed by atoms with Gasteiger partial charge in [-0.1, -0.05) is 146 Å². The highest BCUT2D eigenvalue weighted by atomic mass is 32.1. The number of thiophene rings is 1. The number of rotatable bonds is 8. The first kappa shape index (κ1) is 30.4. The van der Waals surface area contributed by atoms with Crippen molar-refractivity contribution in [2.75, 3.05) is 6.54 Å². The van der Waals surface area contributed by atoms with E-state index in [1.165, 1.54) is 70.3 Å². The molecule has 0 saturated carbocycles. The summed E-state index contributed by atoms with van der Waals surface area (Å²) in [6.07, 6.45) is 8.76. The maximum Gasteiger partial charge on any atom is 0.0361 e. The molecule has 7 aromatic rings. The third-order valence-corrected chi connectivity index (χ3v) is 10.0. The third kappa shape index (κ3) is 6.26. The first-order valence-electron chi connectivity index (χ1n) is 16.2. The fourth-order valence-corrected chi connectivity index (χ4v) is 7.60. The second kappa shape index (κ2) is 13.6. The molecule has 47 heavy (non-hydrogen) atoms. The molecule has 7 rings (SSSR count). The van der Waals surface area contributed by atoms with Gasteiger partial charge in [-0.25, -0.2) is 0 Å². The van der Waals surface area contributed by atoms with Crippen molar-refractivity contribution in [2.24, 2.45) is 5.73 Å². The van der Waals surface area contributed by atoms with E-state index in [0.29, 0.717) is 6.54 Å². The van der Waals surface area contributed by atoms with Gasteiger partial charge in [0.15, 0.2) is 0 Å². The molecule has 1 aromatic heterocycles. The molecule has 1 nitrogen and oxygen atoms in total. The van der Waals surface area contributed by atoms with Crippen molar-refractivity contribution in [1.29, 1.82) is 0 Å². The SMILES string of the molecule is C/C=C(\c1ccc(C(/C=C\c2cc(-c3ccccc3)ccc2-c2ccccc2C)=C/CN)cc1)c1ccc2c(c1)sc1ccccc12. The van der Waals surface area contributed by atoms with Crippen LogP contribution >= 0.6 is 11.3 Å². The average molecular weight is 624 g/mol. The lowest BCUT2D eigenvalue weighted by Gasteiger charge is -2.13. The van der Waals surface area contributed by atoms with E-state index in [1.807, 2.05) is 11.3 Å². The topological polar surface area (TPSA) is 26.0 Å². The number of fused-ring (bicyclic) bond motifs is 3. The molecule has 0 aliphatic heterocycles. The maximum absolute atomic E-state index is 6.11. The van der Waals surface area contributed by atoms with Crippen molar-refractivity contribution in [3.63, 3.8) is 0 Å². The lowest BCUT2D eigenvalue weighted by molar-refractivity contribution is 1.26. The van der Waals surface area contributed by atoms with Gasteiger partial charge < -0.3 is 5.73 Å². The minimum absolute atomic E-state index is 0.464. The van der Waals surface area contributed by atoms with Gasteiger partial charge in [-0.3, -0.25) is 0 Å². The minimum Gasteiger partial charge on any atom is -0.327 e. The van der Waals surface area contributed by atoms with Gasteiger partial charge in [-0.15, -0.1) is 11.3 Å². The minimum atomic E-state index is 0.464. The molecule has 0 aliphatic carbocycles. The van der Waals surface area contributed by atoms with Crippen molar-refractivity contribution in [1.82, 2.24) is 0 Å². The van der Waals surface area contributed by atoms with Gasteiger partial charge in [-0.2, -0.15) is 0 Å². The number of hydrogen-bond donors (Lipinski definition) is 1. The molecule has 0 bridgehead atoms. The molecule has 1 heterocycles. The Morgan fingerprint density at radius 2 is 1.32 bits per heavy atom. The molecule has 0 saturated heterocycles. The van der Waals surface area contributed by atoms with Crippen LogP contribution in [0.3, 0.4) is 0 Å². The zero-order valence-electron chi connectivity index (χ0n) is 26.8. The Hall–Kier alpha value is -5.28. The van der Waals surface area contributed by atoms with Crippen LogP contribution in [-0.2, 0) is 0 Å². The van der Waals surface area contributed by atoms with Crippen molar-refractivity contribution < 1.29 is 0 Å². The molecule has 0 amide bonds. The van der Waals surface area contributed by atoms with Gasteiger partial charge in [0.05, 0.1) is 0 Å². The Morgan fingerprint density at radius 1 is 0.617 bits per heavy atom. The average Bonchev–Trinajstić information content (AvgIpc) is 3.49. The molecule has 0 radical (unpaired) electrons. The van der Waals surface area contributed by atoms with Crippen LogP contribution in [-0.4, -0.2) is 6.54 Å². The summed E-state index contributed by atoms with van der Waals surface area (Å²) < 4.78 is 2.65. The highest BCUT2D eigenvalue weighted by Gasteiger charge is 2.11. The first-order valence-corrected chi connectivity index (χ1v) is 17.0. The summed E-state index contributed by atoms with van der Waals surface area (Å²) in [4.78, 5) is 0. The molecular weight excluding hydrogens is 587 g/mol. The number of benzene rings is 6. The van der Waals surface area contributed by atoms with Crippen molar-refractivity contribution >= 4 is 48.7 Å². The monoisotopic (exact) mass is 623 g/mol. The molecule has 0 spiro atoms. The van der Waals surface area contributed by atoms with Crippen molar-refractivity contribution in [3.8, 4) is 22.3 Å². The van der Waals surface area contributed by atoms with E-state index in [2.05, 4.69) is 178 Å². The molecule has 0 unspecified atom stereocenters. The number of aryl methyl sites for hydroxylation is 1. The second-order valence-electron chi connectivity index (χ2n) is 11.8. The quantitative estimate of drug-likeness (QED) is 0.167. The van der Waals surface area contributed by atoms with Gasteiger partial charge in [0.25, 0.3) is 0 Å². The summed E-state index contributed by atoms with van der Waals surface area (Å²) in [7, 11) is 0. The number of nitrogens with two attached hydrogens (primary N) is 1. The van der Waals surface area contributed by atoms with Gasteiger partial charge in [-0.05, 0) is 93.3 Å². The van der Waals surface area contributed by atoms with Crippen LogP contribution in [0.2, 0.25) is 0 Å². The molecule has 6 aromatic carbocycles. The lowest BCUT2D eigenvalue weighted by atomic mass is 9.91. The van der Waals surface area contributed by atoms with E-state index in [4.69, 9.17) is 5.73 Å². The van der Waals surface area contributed by atoms with Crippen LogP contribution in [0.15, 0.2) is 158 Å². The van der Waals surface area contributed by atoms with E-state index in [9.17, 15) is 0 Å². The summed E-state index contributed by atoms with van der Waals surface area (Å²) in [5.41, 5.74) is 19.3. The van der Waals surface area contributed by atoms with E-state index >= 15 is 0 Å². The maximum atomic E-state index is 6.11. The van der Waals surface area contributed by atoms with Crippen LogP contribution in [0.5, 0.6) is 0 Å². The Morgan fingerprint density at radius 3 is 2.11 bits per heavy atom. The molecule has 2 heteroatoms. The Labute approximate surface area is 281 Å². The summed E-state index contributed by atoms with van der Waals surface area (Å²) in [5.74, 6) is 0. The molecular formula is C45H37NS. The van der Waals surface area contributed by atoms with Gasteiger partial charge in [0, 0.05) is 26.7 Å². The molecule has 228 valence electrons. The predicted octanol–water partition coefficient (Wildman–Crippen LogP) is 12.2. The van der Waals surface area contributed by atoms with E-state index in [-0.39, 0.29) is 0 Å². The van der Waals surface area contributed by atoms with Crippen LogP contribution in [0, 0.1) is 6.92 Å². The van der Waals surface area contributed by atoms with Crippen molar-refractivity contribution in [3.05, 3.63) is 186 Å². The second-order valence-corrected chi connectivity index (χ2v) is 12.9. The van der Waals surface area contributed by atoms with Crippen LogP contribution in [0.1, 0.15) is 34.7 Å². The van der Waals surface area contributed by atoms with Crippen LogP contribution < -0.4 is 5.73 Å². The summed E-state index contributed by atoms with van der Waals surface area (Å²) in [6.45, 7) is 4.76. The van der Waals surface area contributed by atoms with Gasteiger partial charge in [0.1, 0.15) is 0 Å². The third-order valence-electron chi connectivity index (χ3n) is 8.88. The van der Waals surface area contributed by atoms with Gasteiger partial charge >= 0.3 is 0 Å². The summed E-state index contributed by atoms with van der Waals surface area (Å²) in [5, 5.41) is 2.65. The first-order chi connectivity index (χ1) is 23.1. The van der Waals surface area contributed by atoms with Crippen molar-refractivity contribution in [2.45, 2.75) is 13.8 Å². The van der Waals surface area contributed by atoms with Crippen LogP contribution in [0.4, 0.5) is 0 Å². The van der Waals surface area contributed by atoms with E-state index in [1.54, 1.807) is 0 Å². The molecule has 2 N–H and O–H groups in total. The predicted molar refractivity (Wildman–Crippen MR) is 207 cm³/mol. The van der Waals surface area contributed by atoms with E-state index in [0.717, 1.165) is 11.1 Å².